The number of rotatable bonds is 6. The molecule has 4 nitrogen and oxygen atoms in total. The Morgan fingerprint density at radius 2 is 2.10 bits per heavy atom. The van der Waals surface area contributed by atoms with E-state index in [9.17, 15) is 4.79 Å². The smallest absolute Gasteiger partial charge is 0.233 e. The van der Waals surface area contributed by atoms with Gasteiger partial charge in [-0.25, -0.2) is 0 Å². The number of carbonyl (C=O) groups excluding carboxylic acids is 1. The lowest BCUT2D eigenvalue weighted by atomic mass is 10.1. The Bertz CT molecular complexity index is 557. The maximum absolute atomic E-state index is 12.0. The van der Waals surface area contributed by atoms with E-state index in [1.54, 1.807) is 0 Å². The van der Waals surface area contributed by atoms with Crippen molar-refractivity contribution < 1.29 is 4.79 Å². The number of hydrogen-bond acceptors (Lipinski definition) is 5. The van der Waals surface area contributed by atoms with Crippen LogP contribution in [0.4, 0.5) is 0 Å². The third-order valence-electron chi connectivity index (χ3n) is 2.71. The van der Waals surface area contributed by atoms with Crippen LogP contribution in [-0.2, 0) is 11.2 Å². The molecule has 1 amide bonds. The number of aromatic nitrogens is 2. The van der Waals surface area contributed by atoms with Crippen LogP contribution >= 0.6 is 23.1 Å². The molecule has 2 rings (SSSR count). The van der Waals surface area contributed by atoms with E-state index < -0.39 is 0 Å². The average Bonchev–Trinajstić information content (AvgIpc) is 2.85. The Balaban J connectivity index is 1.74. The molecule has 1 heterocycles. The van der Waals surface area contributed by atoms with Crippen LogP contribution in [-0.4, -0.2) is 27.9 Å². The van der Waals surface area contributed by atoms with Crippen LogP contribution in [0.15, 0.2) is 34.7 Å². The third kappa shape index (κ3) is 4.61. The zero-order valence-electron chi connectivity index (χ0n) is 11.5. The highest BCUT2D eigenvalue weighted by molar-refractivity contribution is 8.02. The molecule has 0 fully saturated rings. The van der Waals surface area contributed by atoms with Crippen molar-refractivity contribution in [3.63, 3.8) is 0 Å². The Hall–Kier alpha value is -1.40. The number of nitrogens with zero attached hydrogens (tertiary/aromatic N) is 2. The fraction of sp³-hybridized carbons (Fsp3) is 0.357. The van der Waals surface area contributed by atoms with E-state index in [1.165, 1.54) is 28.7 Å². The molecule has 0 aliphatic rings. The van der Waals surface area contributed by atoms with E-state index in [0.717, 1.165) is 15.8 Å². The van der Waals surface area contributed by atoms with Crippen molar-refractivity contribution in [1.82, 2.24) is 15.5 Å². The molecule has 6 heteroatoms. The largest absolute Gasteiger partial charge is 0.355 e. The number of nitrogens with one attached hydrogen (secondary N) is 1. The van der Waals surface area contributed by atoms with E-state index in [2.05, 4.69) is 27.6 Å². The van der Waals surface area contributed by atoms with Crippen LogP contribution in [0.1, 0.15) is 17.5 Å². The minimum absolute atomic E-state index is 0.0405. The van der Waals surface area contributed by atoms with Gasteiger partial charge >= 0.3 is 0 Å². The molecule has 20 heavy (non-hydrogen) atoms. The van der Waals surface area contributed by atoms with Gasteiger partial charge in [0.15, 0.2) is 4.34 Å². The number of aryl methyl sites for hydroxylation is 1. The van der Waals surface area contributed by atoms with Crippen molar-refractivity contribution in [2.75, 3.05) is 6.54 Å². The summed E-state index contributed by atoms with van der Waals surface area (Å²) in [6.07, 6.45) is 0.849. The normalized spacial score (nSPS) is 12.1. The number of benzene rings is 1. The first kappa shape index (κ1) is 15.0. The maximum Gasteiger partial charge on any atom is 0.233 e. The molecular weight excluding hydrogens is 290 g/mol. The fourth-order valence-corrected chi connectivity index (χ4v) is 3.63. The fourth-order valence-electron chi connectivity index (χ4n) is 1.65. The van der Waals surface area contributed by atoms with Crippen molar-refractivity contribution >= 4 is 29.0 Å². The summed E-state index contributed by atoms with van der Waals surface area (Å²) in [6, 6.07) is 10.1. The van der Waals surface area contributed by atoms with Gasteiger partial charge in [0, 0.05) is 6.54 Å². The van der Waals surface area contributed by atoms with E-state index >= 15 is 0 Å². The monoisotopic (exact) mass is 307 g/mol. The lowest BCUT2D eigenvalue weighted by Crippen LogP contribution is -2.32. The van der Waals surface area contributed by atoms with E-state index in [4.69, 9.17) is 0 Å². The zero-order valence-corrected chi connectivity index (χ0v) is 13.1. The molecule has 106 valence electrons. The van der Waals surface area contributed by atoms with Crippen molar-refractivity contribution in [2.24, 2.45) is 0 Å². The summed E-state index contributed by atoms with van der Waals surface area (Å²) in [5, 5.41) is 11.7. The van der Waals surface area contributed by atoms with Crippen LogP contribution in [0.2, 0.25) is 0 Å². The highest BCUT2D eigenvalue weighted by Gasteiger charge is 2.16. The first-order valence-corrected chi connectivity index (χ1v) is 8.13. The second kappa shape index (κ2) is 7.40. The van der Waals surface area contributed by atoms with Gasteiger partial charge in [-0.3, -0.25) is 4.79 Å². The number of hydrogen-bond donors (Lipinski definition) is 1. The minimum Gasteiger partial charge on any atom is -0.355 e. The number of thioether (sulfide) groups is 1. The summed E-state index contributed by atoms with van der Waals surface area (Å²) in [6.45, 7) is 4.45. The molecule has 1 aromatic carbocycles. The topological polar surface area (TPSA) is 54.9 Å². The summed E-state index contributed by atoms with van der Waals surface area (Å²) >= 11 is 2.97. The molecule has 0 aliphatic carbocycles. The molecule has 0 radical (unpaired) electrons. The van der Waals surface area contributed by atoms with Gasteiger partial charge in [-0.05, 0) is 25.8 Å². The van der Waals surface area contributed by atoms with Crippen molar-refractivity contribution in [3.05, 3.63) is 40.9 Å². The number of amides is 1. The highest BCUT2D eigenvalue weighted by atomic mass is 32.2. The van der Waals surface area contributed by atoms with Crippen LogP contribution in [0.25, 0.3) is 0 Å². The van der Waals surface area contributed by atoms with Gasteiger partial charge in [0.2, 0.25) is 5.91 Å². The van der Waals surface area contributed by atoms with E-state index in [-0.39, 0.29) is 11.2 Å². The van der Waals surface area contributed by atoms with E-state index in [1.807, 2.05) is 32.0 Å². The molecule has 0 bridgehead atoms. The average molecular weight is 307 g/mol. The SMILES string of the molecule is Cc1nnc(S[C@H](C)C(=O)NCCc2ccccc2)s1. The summed E-state index contributed by atoms with van der Waals surface area (Å²) in [7, 11) is 0. The minimum atomic E-state index is -0.155. The molecule has 0 unspecified atom stereocenters. The zero-order chi connectivity index (χ0) is 14.4. The Labute approximate surface area is 127 Å². The summed E-state index contributed by atoms with van der Waals surface area (Å²) in [4.78, 5) is 12.0. The summed E-state index contributed by atoms with van der Waals surface area (Å²) in [5.41, 5.74) is 1.23. The molecule has 1 atom stereocenters. The predicted molar refractivity (Wildman–Crippen MR) is 83.1 cm³/mol. The summed E-state index contributed by atoms with van der Waals surface area (Å²) in [5.74, 6) is 0.0405. The molecule has 1 aromatic heterocycles. The lowest BCUT2D eigenvalue weighted by molar-refractivity contribution is -0.120. The third-order valence-corrected chi connectivity index (χ3v) is 4.73. The first-order valence-electron chi connectivity index (χ1n) is 6.43. The van der Waals surface area contributed by atoms with Crippen LogP contribution in [0.3, 0.4) is 0 Å². The van der Waals surface area contributed by atoms with Gasteiger partial charge in [-0.15, -0.1) is 10.2 Å². The molecule has 0 saturated carbocycles. The van der Waals surface area contributed by atoms with Gasteiger partial charge in [-0.1, -0.05) is 53.4 Å². The molecular formula is C14H17N3OS2. The van der Waals surface area contributed by atoms with Crippen molar-refractivity contribution in [3.8, 4) is 0 Å². The van der Waals surface area contributed by atoms with Gasteiger partial charge in [0.05, 0.1) is 5.25 Å². The molecule has 0 aliphatic heterocycles. The van der Waals surface area contributed by atoms with Crippen molar-refractivity contribution in [1.29, 1.82) is 0 Å². The van der Waals surface area contributed by atoms with Crippen LogP contribution in [0.5, 0.6) is 0 Å². The summed E-state index contributed by atoms with van der Waals surface area (Å²) < 4.78 is 0.841. The molecule has 0 saturated heterocycles. The van der Waals surface area contributed by atoms with Crippen LogP contribution < -0.4 is 5.32 Å². The van der Waals surface area contributed by atoms with Crippen molar-refractivity contribution in [2.45, 2.75) is 29.9 Å². The van der Waals surface area contributed by atoms with Gasteiger partial charge < -0.3 is 5.32 Å². The second-order valence-electron chi connectivity index (χ2n) is 4.37. The number of carbonyl (C=O) groups is 1. The Morgan fingerprint density at radius 3 is 2.75 bits per heavy atom. The molecule has 0 spiro atoms. The highest BCUT2D eigenvalue weighted by Crippen LogP contribution is 2.26. The molecule has 1 N–H and O–H groups in total. The quantitative estimate of drug-likeness (QED) is 0.834. The lowest BCUT2D eigenvalue weighted by Gasteiger charge is -2.10. The second-order valence-corrected chi connectivity index (χ2v) is 7.14. The van der Waals surface area contributed by atoms with Gasteiger partial charge in [0.25, 0.3) is 0 Å². The standard InChI is InChI=1S/C14H17N3OS2/c1-10(19-14-17-16-11(2)20-14)13(18)15-9-8-12-6-4-3-5-7-12/h3-7,10H,8-9H2,1-2H3,(H,15,18)/t10-/m1/s1. The first-order chi connectivity index (χ1) is 9.65. The maximum atomic E-state index is 12.0. The van der Waals surface area contributed by atoms with Gasteiger partial charge in [-0.2, -0.15) is 0 Å². The van der Waals surface area contributed by atoms with E-state index in [0.29, 0.717) is 6.54 Å². The predicted octanol–water partition coefficient (Wildman–Crippen LogP) is 2.69. The van der Waals surface area contributed by atoms with Crippen LogP contribution in [0, 0.1) is 6.92 Å². The molecule has 2 aromatic rings. The van der Waals surface area contributed by atoms with Gasteiger partial charge in [0.1, 0.15) is 5.01 Å². The Morgan fingerprint density at radius 1 is 1.35 bits per heavy atom. The Kier molecular flexibility index (Phi) is 5.55.